The van der Waals surface area contributed by atoms with Crippen LogP contribution >= 0.6 is 0 Å². The lowest BCUT2D eigenvalue weighted by Gasteiger charge is -2.31. The maximum atomic E-state index is 5.93. The van der Waals surface area contributed by atoms with Crippen molar-refractivity contribution in [2.45, 2.75) is 45.4 Å². The number of nitrogens with zero attached hydrogens (tertiary/aromatic N) is 3. The van der Waals surface area contributed by atoms with Crippen LogP contribution in [0, 0.1) is 0 Å². The molecule has 1 saturated heterocycles. The molecule has 1 unspecified atom stereocenters. The molecule has 18 heavy (non-hydrogen) atoms. The molecular formula is C12H22N4O2. The highest BCUT2D eigenvalue weighted by atomic mass is 16.5. The van der Waals surface area contributed by atoms with E-state index in [-0.39, 0.29) is 0 Å². The molecule has 0 radical (unpaired) electrons. The lowest BCUT2D eigenvalue weighted by atomic mass is 10.1. The van der Waals surface area contributed by atoms with Gasteiger partial charge in [0, 0.05) is 13.1 Å². The van der Waals surface area contributed by atoms with Gasteiger partial charge in [0.1, 0.15) is 0 Å². The second-order valence-electron chi connectivity index (χ2n) is 5.37. The van der Waals surface area contributed by atoms with Gasteiger partial charge in [-0.3, -0.25) is 4.90 Å². The molecule has 2 rings (SSSR count). The molecule has 0 aromatic carbocycles. The molecule has 1 aliphatic rings. The lowest BCUT2D eigenvalue weighted by molar-refractivity contribution is -0.0350. The van der Waals surface area contributed by atoms with Gasteiger partial charge in [-0.05, 0) is 20.3 Å². The van der Waals surface area contributed by atoms with Crippen LogP contribution in [0.1, 0.15) is 38.9 Å². The van der Waals surface area contributed by atoms with Crippen LogP contribution in [0.2, 0.25) is 0 Å². The van der Waals surface area contributed by atoms with Crippen LogP contribution in [0.25, 0.3) is 0 Å². The molecule has 1 fully saturated rings. The van der Waals surface area contributed by atoms with Crippen molar-refractivity contribution in [2.24, 2.45) is 5.73 Å². The Morgan fingerprint density at radius 3 is 2.89 bits per heavy atom. The summed E-state index contributed by atoms with van der Waals surface area (Å²) in [4.78, 5) is 6.62. The van der Waals surface area contributed by atoms with E-state index >= 15 is 0 Å². The summed E-state index contributed by atoms with van der Waals surface area (Å²) in [5.74, 6) is 1.18. The fourth-order valence-corrected chi connectivity index (χ4v) is 1.94. The van der Waals surface area contributed by atoms with Crippen molar-refractivity contribution in [1.82, 2.24) is 15.0 Å². The summed E-state index contributed by atoms with van der Waals surface area (Å²) in [5.41, 5.74) is 5.37. The molecule has 1 aliphatic heterocycles. The lowest BCUT2D eigenvalue weighted by Crippen LogP contribution is -2.41. The maximum Gasteiger partial charge on any atom is 0.240 e. The van der Waals surface area contributed by atoms with E-state index in [2.05, 4.69) is 22.0 Å². The molecule has 2 heterocycles. The minimum Gasteiger partial charge on any atom is -0.376 e. The number of hydrogen-bond donors (Lipinski definition) is 1. The Balaban J connectivity index is 1.95. The summed E-state index contributed by atoms with van der Waals surface area (Å²) in [6, 6.07) is 0. The van der Waals surface area contributed by atoms with E-state index in [0.29, 0.717) is 24.4 Å². The van der Waals surface area contributed by atoms with Gasteiger partial charge in [-0.15, -0.1) is 0 Å². The van der Waals surface area contributed by atoms with Crippen molar-refractivity contribution in [1.29, 1.82) is 0 Å². The molecule has 0 saturated carbocycles. The fourth-order valence-electron chi connectivity index (χ4n) is 1.94. The van der Waals surface area contributed by atoms with Crippen LogP contribution in [-0.4, -0.2) is 40.8 Å². The first-order valence-corrected chi connectivity index (χ1v) is 6.45. The van der Waals surface area contributed by atoms with Gasteiger partial charge in [-0.25, -0.2) is 0 Å². The zero-order valence-electron chi connectivity index (χ0n) is 11.3. The van der Waals surface area contributed by atoms with E-state index in [1.807, 2.05) is 13.8 Å². The second kappa shape index (κ2) is 5.34. The van der Waals surface area contributed by atoms with Gasteiger partial charge < -0.3 is 15.0 Å². The van der Waals surface area contributed by atoms with Crippen molar-refractivity contribution in [3.05, 3.63) is 11.7 Å². The fraction of sp³-hybridized carbons (Fsp3) is 0.833. The molecule has 0 aliphatic carbocycles. The first-order valence-electron chi connectivity index (χ1n) is 6.45. The number of morpholine rings is 1. The van der Waals surface area contributed by atoms with Crippen LogP contribution in [0.5, 0.6) is 0 Å². The Morgan fingerprint density at radius 1 is 1.50 bits per heavy atom. The van der Waals surface area contributed by atoms with Crippen molar-refractivity contribution >= 4 is 0 Å². The topological polar surface area (TPSA) is 77.4 Å². The predicted octanol–water partition coefficient (Wildman–Crippen LogP) is 0.874. The van der Waals surface area contributed by atoms with Gasteiger partial charge in [-0.1, -0.05) is 12.1 Å². The largest absolute Gasteiger partial charge is 0.376 e. The summed E-state index contributed by atoms with van der Waals surface area (Å²) in [6.45, 7) is 9.12. The standard InChI is InChI=1S/C12H22N4O2/c1-4-9-7-16(5-6-17-9)8-10-14-11(15-18-10)12(2,3)13/h9H,4-8,13H2,1-3H3. The quantitative estimate of drug-likeness (QED) is 0.859. The normalized spacial score (nSPS) is 22.3. The number of ether oxygens (including phenoxy) is 1. The van der Waals surface area contributed by atoms with Gasteiger partial charge in [0.25, 0.3) is 0 Å². The van der Waals surface area contributed by atoms with E-state index in [4.69, 9.17) is 15.0 Å². The second-order valence-corrected chi connectivity index (χ2v) is 5.37. The highest BCUT2D eigenvalue weighted by Crippen LogP contribution is 2.15. The third-order valence-electron chi connectivity index (χ3n) is 3.08. The first-order chi connectivity index (χ1) is 8.49. The zero-order chi connectivity index (χ0) is 13.2. The molecule has 0 spiro atoms. The minimum absolute atomic E-state index is 0.312. The Labute approximate surface area is 107 Å². The molecule has 6 heteroatoms. The Hall–Kier alpha value is -0.980. The van der Waals surface area contributed by atoms with Crippen molar-refractivity contribution in [3.63, 3.8) is 0 Å². The summed E-state index contributed by atoms with van der Waals surface area (Å²) >= 11 is 0. The SMILES string of the molecule is CCC1CN(Cc2nc(C(C)(C)N)no2)CCO1. The average molecular weight is 254 g/mol. The van der Waals surface area contributed by atoms with Crippen molar-refractivity contribution in [3.8, 4) is 0 Å². The number of rotatable bonds is 4. The molecule has 0 amide bonds. The van der Waals surface area contributed by atoms with Crippen LogP contribution < -0.4 is 5.73 Å². The summed E-state index contributed by atoms with van der Waals surface area (Å²) in [7, 11) is 0. The number of hydrogen-bond acceptors (Lipinski definition) is 6. The van der Waals surface area contributed by atoms with E-state index in [9.17, 15) is 0 Å². The van der Waals surface area contributed by atoms with Crippen LogP contribution in [0.3, 0.4) is 0 Å². The number of aromatic nitrogens is 2. The Bertz CT molecular complexity index is 386. The summed E-state index contributed by atoms with van der Waals surface area (Å²) in [6.07, 6.45) is 1.34. The highest BCUT2D eigenvalue weighted by molar-refractivity contribution is 4.99. The Kier molecular flexibility index (Phi) is 3.99. The smallest absolute Gasteiger partial charge is 0.240 e. The van der Waals surface area contributed by atoms with Gasteiger partial charge in [-0.2, -0.15) is 4.98 Å². The van der Waals surface area contributed by atoms with Gasteiger partial charge in [0.2, 0.25) is 5.89 Å². The van der Waals surface area contributed by atoms with Gasteiger partial charge >= 0.3 is 0 Å². The van der Waals surface area contributed by atoms with Gasteiger partial charge in [0.05, 0.1) is 24.8 Å². The Morgan fingerprint density at radius 2 is 2.28 bits per heavy atom. The predicted molar refractivity (Wildman–Crippen MR) is 66.8 cm³/mol. The molecule has 1 atom stereocenters. The zero-order valence-corrected chi connectivity index (χ0v) is 11.3. The van der Waals surface area contributed by atoms with Gasteiger partial charge in [0.15, 0.2) is 5.82 Å². The minimum atomic E-state index is -0.557. The van der Waals surface area contributed by atoms with Crippen LogP contribution in [0.15, 0.2) is 4.52 Å². The molecule has 6 nitrogen and oxygen atoms in total. The average Bonchev–Trinajstić information content (AvgIpc) is 2.77. The van der Waals surface area contributed by atoms with E-state index in [1.54, 1.807) is 0 Å². The molecule has 102 valence electrons. The maximum absolute atomic E-state index is 5.93. The molecule has 2 N–H and O–H groups in total. The molecule has 0 bridgehead atoms. The summed E-state index contributed by atoms with van der Waals surface area (Å²) < 4.78 is 10.9. The molecule has 1 aromatic heterocycles. The van der Waals surface area contributed by atoms with Crippen molar-refractivity contribution < 1.29 is 9.26 Å². The first kappa shape index (κ1) is 13.5. The highest BCUT2D eigenvalue weighted by Gasteiger charge is 2.24. The monoisotopic (exact) mass is 254 g/mol. The van der Waals surface area contributed by atoms with Crippen LogP contribution in [0.4, 0.5) is 0 Å². The van der Waals surface area contributed by atoms with E-state index in [1.165, 1.54) is 0 Å². The summed E-state index contributed by atoms with van der Waals surface area (Å²) in [5, 5.41) is 3.92. The third-order valence-corrected chi connectivity index (χ3v) is 3.08. The number of nitrogens with two attached hydrogens (primary N) is 1. The van der Waals surface area contributed by atoms with Crippen molar-refractivity contribution in [2.75, 3.05) is 19.7 Å². The third kappa shape index (κ3) is 3.28. The molecule has 1 aromatic rings. The van der Waals surface area contributed by atoms with E-state index < -0.39 is 5.54 Å². The van der Waals surface area contributed by atoms with E-state index in [0.717, 1.165) is 26.1 Å². The van der Waals surface area contributed by atoms with Crippen LogP contribution in [-0.2, 0) is 16.8 Å². The molecular weight excluding hydrogens is 232 g/mol.